The molecule has 2 N–H and O–H groups in total. The summed E-state index contributed by atoms with van der Waals surface area (Å²) in [6, 6.07) is 7.05. The van der Waals surface area contributed by atoms with Crippen molar-refractivity contribution in [1.82, 2.24) is 10.6 Å². The van der Waals surface area contributed by atoms with Crippen LogP contribution in [0.4, 0.5) is 8.78 Å². The number of hydrogen-bond donors (Lipinski definition) is 2. The molecule has 4 heterocycles. The zero-order valence-corrected chi connectivity index (χ0v) is 18.5. The van der Waals surface area contributed by atoms with Crippen LogP contribution < -0.4 is 20.1 Å². The third-order valence-corrected chi connectivity index (χ3v) is 6.95. The van der Waals surface area contributed by atoms with Crippen LogP contribution in [0.25, 0.3) is 0 Å². The molecule has 0 aromatic heterocycles. The van der Waals surface area contributed by atoms with Gasteiger partial charge in [0.2, 0.25) is 0 Å². The Hall–Kier alpha value is -2.18. The average molecular weight is 443 g/mol. The molecule has 0 radical (unpaired) electrons. The molecule has 0 saturated carbocycles. The Kier molecular flexibility index (Phi) is 6.60. The van der Waals surface area contributed by atoms with Gasteiger partial charge in [0, 0.05) is 24.2 Å². The molecule has 4 aliphatic heterocycles. The molecule has 4 nitrogen and oxygen atoms in total. The van der Waals surface area contributed by atoms with Crippen LogP contribution in [0.2, 0.25) is 0 Å². The van der Waals surface area contributed by atoms with Gasteiger partial charge in [0.25, 0.3) is 0 Å². The molecule has 32 heavy (non-hydrogen) atoms. The Labute approximate surface area is 188 Å². The van der Waals surface area contributed by atoms with Crippen molar-refractivity contribution in [3.05, 3.63) is 58.2 Å². The number of halogens is 2. The molecule has 0 amide bonds. The summed E-state index contributed by atoms with van der Waals surface area (Å²) in [4.78, 5) is 0. The van der Waals surface area contributed by atoms with Gasteiger partial charge in [-0.1, -0.05) is 0 Å². The van der Waals surface area contributed by atoms with Crippen molar-refractivity contribution >= 4 is 0 Å². The number of nitrogens with one attached hydrogen (secondary N) is 2. The molecule has 2 unspecified atom stereocenters. The molecule has 2 saturated heterocycles. The van der Waals surface area contributed by atoms with Crippen molar-refractivity contribution in [2.45, 2.75) is 63.5 Å². The lowest BCUT2D eigenvalue weighted by molar-refractivity contribution is 0.284. The monoisotopic (exact) mass is 442 g/mol. The van der Waals surface area contributed by atoms with Crippen molar-refractivity contribution in [3.63, 3.8) is 0 Å². The highest BCUT2D eigenvalue weighted by atomic mass is 19.1. The first kappa shape index (κ1) is 21.7. The molecule has 172 valence electrons. The zero-order chi connectivity index (χ0) is 21.9. The second kappa shape index (κ2) is 9.75. The molecule has 2 atom stereocenters. The Morgan fingerprint density at radius 1 is 0.656 bits per heavy atom. The molecule has 2 fully saturated rings. The number of ether oxygens (including phenoxy) is 2. The van der Waals surface area contributed by atoms with Gasteiger partial charge in [0.15, 0.2) is 0 Å². The van der Waals surface area contributed by atoms with E-state index in [1.165, 1.54) is 36.1 Å². The molecule has 2 aromatic carbocycles. The first-order chi connectivity index (χ1) is 15.7. The normalized spacial score (nSPS) is 23.9. The van der Waals surface area contributed by atoms with Gasteiger partial charge in [-0.3, -0.25) is 0 Å². The maximum atomic E-state index is 13.5. The van der Waals surface area contributed by atoms with Crippen LogP contribution in [-0.2, 0) is 12.8 Å². The van der Waals surface area contributed by atoms with Crippen molar-refractivity contribution in [3.8, 4) is 11.5 Å². The van der Waals surface area contributed by atoms with E-state index in [2.05, 4.69) is 10.6 Å². The van der Waals surface area contributed by atoms with Gasteiger partial charge in [-0.05, 0) is 98.8 Å². The highest BCUT2D eigenvalue weighted by Gasteiger charge is 2.25. The van der Waals surface area contributed by atoms with E-state index >= 15 is 0 Å². The predicted octanol–water partition coefficient (Wildman–Crippen LogP) is 5.15. The van der Waals surface area contributed by atoms with E-state index in [0.29, 0.717) is 25.3 Å². The molecule has 6 rings (SSSR count). The van der Waals surface area contributed by atoms with Crippen LogP contribution in [0.3, 0.4) is 0 Å². The van der Waals surface area contributed by atoms with E-state index in [4.69, 9.17) is 9.47 Å². The van der Waals surface area contributed by atoms with Crippen LogP contribution in [-0.4, -0.2) is 26.3 Å². The summed E-state index contributed by atoms with van der Waals surface area (Å²) in [5, 5.41) is 6.86. The van der Waals surface area contributed by atoms with Crippen LogP contribution in [0, 0.1) is 11.6 Å². The van der Waals surface area contributed by atoms with Crippen molar-refractivity contribution in [2.24, 2.45) is 0 Å². The van der Waals surface area contributed by atoms with Crippen LogP contribution in [0.15, 0.2) is 24.3 Å². The van der Waals surface area contributed by atoms with E-state index in [0.717, 1.165) is 74.2 Å². The Morgan fingerprint density at radius 2 is 1.12 bits per heavy atom. The summed E-state index contributed by atoms with van der Waals surface area (Å²) in [7, 11) is 0. The minimum Gasteiger partial charge on any atom is -0.493 e. The van der Waals surface area contributed by atoms with Gasteiger partial charge >= 0.3 is 0 Å². The van der Waals surface area contributed by atoms with Crippen molar-refractivity contribution in [2.75, 3.05) is 26.3 Å². The molecular formula is C26H32F2N2O2. The summed E-state index contributed by atoms with van der Waals surface area (Å²) >= 11 is 0. The van der Waals surface area contributed by atoms with E-state index in [-0.39, 0.29) is 11.6 Å². The number of benzene rings is 2. The third kappa shape index (κ3) is 4.62. The Bertz CT molecular complexity index is 876. The van der Waals surface area contributed by atoms with Crippen molar-refractivity contribution in [1.29, 1.82) is 0 Å². The van der Waals surface area contributed by atoms with E-state index in [9.17, 15) is 8.78 Å². The first-order valence-corrected chi connectivity index (χ1v) is 12.1. The average Bonchev–Trinajstić information content (AvgIpc) is 3.53. The predicted molar refractivity (Wildman–Crippen MR) is 120 cm³/mol. The lowest BCUT2D eigenvalue weighted by Gasteiger charge is -2.23. The smallest absolute Gasteiger partial charge is 0.127 e. The van der Waals surface area contributed by atoms with Gasteiger partial charge in [-0.15, -0.1) is 0 Å². The molecule has 4 aliphatic rings. The summed E-state index contributed by atoms with van der Waals surface area (Å²) in [6.07, 6.45) is 8.68. The molecular weight excluding hydrogens is 410 g/mol. The topological polar surface area (TPSA) is 42.5 Å². The summed E-state index contributed by atoms with van der Waals surface area (Å²) in [5.41, 5.74) is 4.67. The van der Waals surface area contributed by atoms with Gasteiger partial charge in [-0.25, -0.2) is 8.78 Å². The highest BCUT2D eigenvalue weighted by Crippen LogP contribution is 2.36. The SMILES string of the molecule is Fc1cc2c(c(C3CCCN3)c1)CCCO2.Fc1cc2c(c(C3CCCN3)c1)CCCO2. The molecule has 6 heteroatoms. The second-order valence-corrected chi connectivity index (χ2v) is 9.15. The van der Waals surface area contributed by atoms with Gasteiger partial charge in [0.1, 0.15) is 23.1 Å². The van der Waals surface area contributed by atoms with Crippen molar-refractivity contribution < 1.29 is 18.3 Å². The van der Waals surface area contributed by atoms with E-state index in [1.807, 2.05) is 0 Å². The van der Waals surface area contributed by atoms with E-state index in [1.54, 1.807) is 12.1 Å². The lowest BCUT2D eigenvalue weighted by atomic mass is 9.94. The quantitative estimate of drug-likeness (QED) is 0.675. The molecule has 2 aromatic rings. The number of rotatable bonds is 2. The first-order valence-electron chi connectivity index (χ1n) is 12.1. The summed E-state index contributed by atoms with van der Waals surface area (Å²) in [6.45, 7) is 3.51. The minimum absolute atomic E-state index is 0.177. The van der Waals surface area contributed by atoms with Gasteiger partial charge < -0.3 is 20.1 Å². The Balaban J connectivity index is 0.000000135. The zero-order valence-electron chi connectivity index (χ0n) is 18.5. The highest BCUT2D eigenvalue weighted by molar-refractivity contribution is 5.45. The van der Waals surface area contributed by atoms with Crippen LogP contribution in [0.1, 0.15) is 72.9 Å². The Morgan fingerprint density at radius 3 is 1.53 bits per heavy atom. The second-order valence-electron chi connectivity index (χ2n) is 9.15. The number of hydrogen-bond acceptors (Lipinski definition) is 4. The maximum absolute atomic E-state index is 13.5. The number of fused-ring (bicyclic) bond motifs is 2. The van der Waals surface area contributed by atoms with Gasteiger partial charge in [-0.2, -0.15) is 0 Å². The lowest BCUT2D eigenvalue weighted by Crippen LogP contribution is -2.18. The molecule has 0 bridgehead atoms. The fourth-order valence-corrected chi connectivity index (χ4v) is 5.44. The summed E-state index contributed by atoms with van der Waals surface area (Å²) in [5.74, 6) is 1.17. The standard InChI is InChI=1S/2C13H16FNO/c2*14-9-7-11(12-4-1-5-15-12)10-3-2-6-16-13(10)8-9/h2*7-8,12,15H,1-6H2. The minimum atomic E-state index is -0.177. The molecule has 0 spiro atoms. The molecule has 0 aliphatic carbocycles. The van der Waals surface area contributed by atoms with E-state index < -0.39 is 0 Å². The maximum Gasteiger partial charge on any atom is 0.127 e. The summed E-state index contributed by atoms with van der Waals surface area (Å²) < 4.78 is 38.1. The largest absolute Gasteiger partial charge is 0.493 e. The fraction of sp³-hybridized carbons (Fsp3) is 0.538. The van der Waals surface area contributed by atoms with Gasteiger partial charge in [0.05, 0.1) is 13.2 Å². The fourth-order valence-electron chi connectivity index (χ4n) is 5.44. The van der Waals surface area contributed by atoms with Crippen LogP contribution in [0.5, 0.6) is 11.5 Å². The van der Waals surface area contributed by atoms with Crippen LogP contribution >= 0.6 is 0 Å². The third-order valence-electron chi connectivity index (χ3n) is 6.95.